The lowest BCUT2D eigenvalue weighted by atomic mass is 9.95. The second kappa shape index (κ2) is 12.7. The lowest BCUT2D eigenvalue weighted by Crippen LogP contribution is -2.13. The van der Waals surface area contributed by atoms with Crippen LogP contribution < -0.4 is 0 Å². The SMILES string of the molecule is O=C(O)c1ccc2c(c1)nc(-c1ccoc1)n2C1CCCCC1.O=C(O)c1ccc2c(c1)nc(-c1ccoc1)n2C1CCCCC1. The van der Waals surface area contributed by atoms with Crippen LogP contribution in [-0.2, 0) is 0 Å². The van der Waals surface area contributed by atoms with Crippen molar-refractivity contribution in [1.82, 2.24) is 19.1 Å². The van der Waals surface area contributed by atoms with E-state index in [1.165, 1.54) is 38.5 Å². The van der Waals surface area contributed by atoms with Crippen molar-refractivity contribution in [2.24, 2.45) is 0 Å². The molecule has 4 aromatic heterocycles. The Hall–Kier alpha value is -5.12. The van der Waals surface area contributed by atoms with Gasteiger partial charge in [0.25, 0.3) is 0 Å². The zero-order chi connectivity index (χ0) is 31.6. The fourth-order valence-corrected chi connectivity index (χ4v) is 7.07. The molecule has 236 valence electrons. The molecule has 2 fully saturated rings. The van der Waals surface area contributed by atoms with E-state index in [0.29, 0.717) is 12.1 Å². The molecule has 0 saturated heterocycles. The number of imidazole rings is 2. The summed E-state index contributed by atoms with van der Waals surface area (Å²) in [5, 5.41) is 18.4. The van der Waals surface area contributed by atoms with Gasteiger partial charge in [0.1, 0.15) is 24.2 Å². The summed E-state index contributed by atoms with van der Waals surface area (Å²) in [7, 11) is 0. The maximum Gasteiger partial charge on any atom is 0.335 e. The van der Waals surface area contributed by atoms with Crippen molar-refractivity contribution < 1.29 is 28.6 Å². The Kier molecular flexibility index (Phi) is 8.17. The van der Waals surface area contributed by atoms with E-state index in [1.54, 1.807) is 49.3 Å². The quantitative estimate of drug-likeness (QED) is 0.188. The molecule has 0 aliphatic heterocycles. The first-order chi connectivity index (χ1) is 22.5. The largest absolute Gasteiger partial charge is 0.478 e. The zero-order valence-corrected chi connectivity index (χ0v) is 25.5. The van der Waals surface area contributed by atoms with Gasteiger partial charge in [-0.3, -0.25) is 0 Å². The van der Waals surface area contributed by atoms with Gasteiger partial charge in [0.05, 0.1) is 56.8 Å². The number of hydrogen-bond acceptors (Lipinski definition) is 6. The highest BCUT2D eigenvalue weighted by Crippen LogP contribution is 2.37. The summed E-state index contributed by atoms with van der Waals surface area (Å²) in [4.78, 5) is 31.9. The van der Waals surface area contributed by atoms with Crippen LogP contribution in [0.3, 0.4) is 0 Å². The van der Waals surface area contributed by atoms with Crippen molar-refractivity contribution in [1.29, 1.82) is 0 Å². The van der Waals surface area contributed by atoms with Crippen molar-refractivity contribution in [2.45, 2.75) is 76.3 Å². The van der Waals surface area contributed by atoms with Gasteiger partial charge < -0.3 is 28.2 Å². The van der Waals surface area contributed by atoms with Crippen LogP contribution in [-0.4, -0.2) is 41.3 Å². The summed E-state index contributed by atoms with van der Waals surface area (Å²) in [5.74, 6) is -0.126. The molecule has 4 heterocycles. The number of nitrogens with zero attached hydrogens (tertiary/aromatic N) is 4. The first kappa shape index (κ1) is 29.6. The number of furan rings is 2. The first-order valence-electron chi connectivity index (χ1n) is 16.0. The van der Waals surface area contributed by atoms with E-state index in [4.69, 9.17) is 18.8 Å². The second-order valence-corrected chi connectivity index (χ2v) is 12.2. The number of carboxylic acid groups (broad SMARTS) is 2. The Morgan fingerprint density at radius 3 is 1.37 bits per heavy atom. The second-order valence-electron chi connectivity index (χ2n) is 12.2. The molecular weight excluding hydrogens is 584 g/mol. The lowest BCUT2D eigenvalue weighted by molar-refractivity contribution is 0.0686. The topological polar surface area (TPSA) is 137 Å². The van der Waals surface area contributed by atoms with Gasteiger partial charge in [-0.05, 0) is 74.2 Å². The number of hydrogen-bond donors (Lipinski definition) is 2. The molecule has 46 heavy (non-hydrogen) atoms. The molecule has 0 bridgehead atoms. The van der Waals surface area contributed by atoms with E-state index in [1.807, 2.05) is 24.3 Å². The van der Waals surface area contributed by atoms with E-state index >= 15 is 0 Å². The molecule has 0 radical (unpaired) electrons. The monoisotopic (exact) mass is 620 g/mol. The summed E-state index contributed by atoms with van der Waals surface area (Å²) in [6, 6.07) is 15.0. The number of rotatable bonds is 6. The Morgan fingerprint density at radius 2 is 1.02 bits per heavy atom. The van der Waals surface area contributed by atoms with Gasteiger partial charge in [0.2, 0.25) is 0 Å². The van der Waals surface area contributed by atoms with Gasteiger partial charge in [0, 0.05) is 12.1 Å². The van der Waals surface area contributed by atoms with Crippen molar-refractivity contribution >= 4 is 34.0 Å². The van der Waals surface area contributed by atoms with Gasteiger partial charge in [0.15, 0.2) is 0 Å². The van der Waals surface area contributed by atoms with E-state index < -0.39 is 11.9 Å². The minimum absolute atomic E-state index is 0.268. The van der Waals surface area contributed by atoms with Crippen LogP contribution >= 0.6 is 0 Å². The molecule has 2 N–H and O–H groups in total. The predicted molar refractivity (Wildman–Crippen MR) is 173 cm³/mol. The molecule has 0 atom stereocenters. The number of aromatic nitrogens is 4. The van der Waals surface area contributed by atoms with Gasteiger partial charge in [-0.15, -0.1) is 0 Å². The van der Waals surface area contributed by atoms with E-state index in [9.17, 15) is 19.8 Å². The average Bonchev–Trinajstić information content (AvgIpc) is 3.90. The van der Waals surface area contributed by atoms with Crippen LogP contribution in [0.15, 0.2) is 82.4 Å². The molecule has 2 aliphatic carbocycles. The Bertz CT molecular complexity index is 1830. The summed E-state index contributed by atoms with van der Waals surface area (Å²) < 4.78 is 15.0. The highest BCUT2D eigenvalue weighted by molar-refractivity contribution is 5.94. The third kappa shape index (κ3) is 5.71. The molecule has 0 spiro atoms. The molecular formula is C36H36N4O6. The standard InChI is InChI=1S/2C18H18N2O3/c2*21-18(22)12-6-7-16-15(10-12)19-17(13-8-9-23-11-13)20(16)14-4-2-1-3-5-14/h2*6-11,14H,1-5H2,(H,21,22). The predicted octanol–water partition coefficient (Wildman–Crippen LogP) is 9.00. The summed E-state index contributed by atoms with van der Waals surface area (Å²) in [5.41, 5.74) is 5.86. The van der Waals surface area contributed by atoms with Crippen LogP contribution in [0.5, 0.6) is 0 Å². The van der Waals surface area contributed by atoms with E-state index in [-0.39, 0.29) is 11.1 Å². The average molecular weight is 621 g/mol. The summed E-state index contributed by atoms with van der Waals surface area (Å²) >= 11 is 0. The smallest absolute Gasteiger partial charge is 0.335 e. The summed E-state index contributed by atoms with van der Waals surface area (Å²) in [6.07, 6.45) is 18.7. The van der Waals surface area contributed by atoms with Gasteiger partial charge in [-0.25, -0.2) is 19.6 Å². The minimum Gasteiger partial charge on any atom is -0.478 e. The molecule has 0 amide bonds. The number of aromatic carboxylic acids is 2. The molecule has 2 aromatic carbocycles. The van der Waals surface area contributed by atoms with Crippen LogP contribution in [0, 0.1) is 0 Å². The van der Waals surface area contributed by atoms with E-state index in [0.717, 1.165) is 70.5 Å². The number of benzene rings is 2. The van der Waals surface area contributed by atoms with Crippen molar-refractivity contribution in [3.63, 3.8) is 0 Å². The number of carboxylic acids is 2. The molecule has 6 aromatic rings. The zero-order valence-electron chi connectivity index (χ0n) is 25.5. The fraction of sp³-hybridized carbons (Fsp3) is 0.333. The minimum atomic E-state index is -0.927. The van der Waals surface area contributed by atoms with Gasteiger partial charge >= 0.3 is 11.9 Å². The molecule has 2 saturated carbocycles. The summed E-state index contributed by atoms with van der Waals surface area (Å²) in [6.45, 7) is 0. The van der Waals surface area contributed by atoms with Gasteiger partial charge in [-0.2, -0.15) is 0 Å². The van der Waals surface area contributed by atoms with Crippen LogP contribution in [0.4, 0.5) is 0 Å². The maximum atomic E-state index is 11.2. The maximum absolute atomic E-state index is 11.2. The van der Waals surface area contributed by atoms with Gasteiger partial charge in [-0.1, -0.05) is 38.5 Å². The molecule has 2 aliphatic rings. The first-order valence-corrected chi connectivity index (χ1v) is 16.0. The third-order valence-corrected chi connectivity index (χ3v) is 9.31. The highest BCUT2D eigenvalue weighted by atomic mass is 16.4. The lowest BCUT2D eigenvalue weighted by Gasteiger charge is -2.25. The van der Waals surface area contributed by atoms with Crippen LogP contribution in [0.2, 0.25) is 0 Å². The van der Waals surface area contributed by atoms with Crippen molar-refractivity contribution in [3.8, 4) is 22.8 Å². The normalized spacial score (nSPS) is 16.0. The number of carbonyl (C=O) groups is 2. The van der Waals surface area contributed by atoms with Crippen LogP contribution in [0.25, 0.3) is 44.8 Å². The molecule has 8 rings (SSSR count). The number of fused-ring (bicyclic) bond motifs is 2. The molecule has 0 unspecified atom stereocenters. The molecule has 10 heteroatoms. The third-order valence-electron chi connectivity index (χ3n) is 9.31. The van der Waals surface area contributed by atoms with Crippen molar-refractivity contribution in [3.05, 3.63) is 84.7 Å². The fourth-order valence-electron chi connectivity index (χ4n) is 7.07. The Balaban J connectivity index is 0.000000147. The Labute approximate surface area is 265 Å². The Morgan fingerprint density at radius 1 is 0.609 bits per heavy atom. The highest BCUT2D eigenvalue weighted by Gasteiger charge is 2.25. The molecule has 10 nitrogen and oxygen atoms in total. The van der Waals surface area contributed by atoms with Crippen molar-refractivity contribution in [2.75, 3.05) is 0 Å². The van der Waals surface area contributed by atoms with Crippen LogP contribution in [0.1, 0.15) is 97.0 Å². The van der Waals surface area contributed by atoms with E-state index in [2.05, 4.69) is 9.13 Å².